The van der Waals surface area contributed by atoms with E-state index in [1.165, 1.54) is 5.56 Å². The molecule has 6 rings (SSSR count). The van der Waals surface area contributed by atoms with Crippen LogP contribution in [0.1, 0.15) is 11.1 Å². The summed E-state index contributed by atoms with van der Waals surface area (Å²) in [7, 11) is 0. The van der Waals surface area contributed by atoms with Crippen LogP contribution in [0.15, 0.2) is 49.1 Å². The Morgan fingerprint density at radius 2 is 0.617 bits per heavy atom. The molecule has 0 atom stereocenters. The molecule has 0 bridgehead atoms. The van der Waals surface area contributed by atoms with Crippen LogP contribution in [0.3, 0.4) is 0 Å². The van der Waals surface area contributed by atoms with Gasteiger partial charge in [-0.05, 0) is 12.1 Å². The molecule has 0 aliphatic carbocycles. The van der Waals surface area contributed by atoms with E-state index in [9.17, 15) is 52.7 Å². The maximum absolute atomic E-state index is 15.4. The average molecular weight is 875 g/mol. The van der Waals surface area contributed by atoms with E-state index in [0.29, 0.717) is 5.56 Å². The Balaban J connectivity index is 0.000000379. The molecule has 0 fully saturated rings. The Kier molecular flexibility index (Phi) is 12.2. The van der Waals surface area contributed by atoms with Crippen LogP contribution in [-0.4, -0.2) is 11.1 Å². The van der Waals surface area contributed by atoms with Gasteiger partial charge in [0.2, 0.25) is 0 Å². The van der Waals surface area contributed by atoms with Gasteiger partial charge in [-0.2, -0.15) is 9.83 Å². The zero-order valence-corrected chi connectivity index (χ0v) is 28.3. The summed E-state index contributed by atoms with van der Waals surface area (Å²) in [5, 5.41) is 8.65. The SMILES string of the molecule is Fc1c(F)c(F)c([B-](c2c(F)c(F)c(F)c(F)c2F)(c2c(F)c(F)c(F)c(F)c2F)c2c(F)c(F)c(F)c(F)c2F)c(F)c1F.N#Cc1ccc(C[n+]2ccncc2)cc1. The van der Waals surface area contributed by atoms with E-state index in [4.69, 9.17) is 5.26 Å². The summed E-state index contributed by atoms with van der Waals surface area (Å²) in [5.41, 5.74) is -12.5. The van der Waals surface area contributed by atoms with E-state index >= 15 is 35.1 Å². The molecule has 5 aromatic carbocycles. The van der Waals surface area contributed by atoms with E-state index in [-0.39, 0.29) is 0 Å². The predicted molar refractivity (Wildman–Crippen MR) is 164 cm³/mol. The van der Waals surface area contributed by atoms with Crippen molar-refractivity contribution in [3.05, 3.63) is 177 Å². The molecule has 1 aromatic heterocycles. The number of nitrogens with zero attached hydrogens (tertiary/aromatic N) is 3. The van der Waals surface area contributed by atoms with Crippen molar-refractivity contribution in [2.75, 3.05) is 0 Å². The molecule has 0 saturated heterocycles. The maximum atomic E-state index is 15.4. The van der Waals surface area contributed by atoms with Crippen molar-refractivity contribution >= 4 is 28.0 Å². The van der Waals surface area contributed by atoms with Crippen LogP contribution >= 0.6 is 0 Å². The van der Waals surface area contributed by atoms with Gasteiger partial charge in [-0.25, -0.2) is 87.8 Å². The van der Waals surface area contributed by atoms with Gasteiger partial charge in [-0.1, -0.05) is 12.1 Å². The summed E-state index contributed by atoms with van der Waals surface area (Å²) in [5.74, 6) is -71.4. The third-order valence-electron chi connectivity index (χ3n) is 8.84. The van der Waals surface area contributed by atoms with E-state index in [0.717, 1.165) is 6.54 Å². The highest BCUT2D eigenvalue weighted by molar-refractivity contribution is 7.20. The van der Waals surface area contributed by atoms with E-state index < -0.39 is 144 Å². The van der Waals surface area contributed by atoms with Crippen LogP contribution in [0.25, 0.3) is 0 Å². The first-order valence-corrected chi connectivity index (χ1v) is 15.6. The van der Waals surface area contributed by atoms with Gasteiger partial charge in [-0.15, -0.1) is 21.9 Å². The van der Waals surface area contributed by atoms with Gasteiger partial charge in [0.15, 0.2) is 88.7 Å². The number of halogens is 20. The third-order valence-corrected chi connectivity index (χ3v) is 8.84. The first-order valence-electron chi connectivity index (χ1n) is 15.6. The lowest BCUT2D eigenvalue weighted by atomic mass is 9.12. The Labute approximate surface area is 319 Å². The van der Waals surface area contributed by atoms with Gasteiger partial charge in [0.25, 0.3) is 0 Å². The van der Waals surface area contributed by atoms with Crippen LogP contribution < -0.4 is 26.4 Å². The maximum Gasteiger partial charge on any atom is 0.200 e. The van der Waals surface area contributed by atoms with Gasteiger partial charge in [0.05, 0.1) is 24.0 Å². The van der Waals surface area contributed by atoms with Gasteiger partial charge in [-0.3, -0.25) is 4.98 Å². The molecular formula is C36H10BF20N3. The van der Waals surface area contributed by atoms with Crippen molar-refractivity contribution in [2.24, 2.45) is 0 Å². The summed E-state index contributed by atoms with van der Waals surface area (Å²) in [6.07, 6.45) is 0.120. The number of hydrogen-bond donors (Lipinski definition) is 0. The van der Waals surface area contributed by atoms with Crippen molar-refractivity contribution in [3.63, 3.8) is 0 Å². The van der Waals surface area contributed by atoms with E-state index in [1.807, 2.05) is 41.2 Å². The lowest BCUT2D eigenvalue weighted by Gasteiger charge is -2.44. The lowest BCUT2D eigenvalue weighted by Crippen LogP contribution is -2.81. The van der Waals surface area contributed by atoms with Gasteiger partial charge in [0.1, 0.15) is 52.7 Å². The summed E-state index contributed by atoms with van der Waals surface area (Å²) in [4.78, 5) is 3.95. The number of rotatable bonds is 6. The Hall–Kier alpha value is -6.67. The molecule has 3 nitrogen and oxygen atoms in total. The highest BCUT2D eigenvalue weighted by atomic mass is 19.2. The highest BCUT2D eigenvalue weighted by Gasteiger charge is 2.52. The number of benzene rings is 5. The third kappa shape index (κ3) is 6.90. The second-order valence-electron chi connectivity index (χ2n) is 12.0. The normalized spacial score (nSPS) is 11.4. The summed E-state index contributed by atoms with van der Waals surface area (Å²) in [6.45, 7) is 0.800. The second kappa shape index (κ2) is 16.5. The molecule has 60 heavy (non-hydrogen) atoms. The molecule has 0 radical (unpaired) electrons. The minimum absolute atomic E-state index is 0.693. The van der Waals surface area contributed by atoms with Crippen molar-refractivity contribution < 1.29 is 92.4 Å². The monoisotopic (exact) mass is 875 g/mol. The molecule has 0 unspecified atom stereocenters. The van der Waals surface area contributed by atoms with Crippen LogP contribution in [-0.2, 0) is 6.54 Å². The summed E-state index contributed by atoms with van der Waals surface area (Å²) >= 11 is 0. The van der Waals surface area contributed by atoms with Gasteiger partial charge < -0.3 is 0 Å². The van der Waals surface area contributed by atoms with Crippen molar-refractivity contribution in [2.45, 2.75) is 6.54 Å². The second-order valence-corrected chi connectivity index (χ2v) is 12.0. The first-order chi connectivity index (χ1) is 28.1. The molecule has 0 spiro atoms. The minimum Gasteiger partial charge on any atom is -0.252 e. The Morgan fingerprint density at radius 1 is 0.383 bits per heavy atom. The quantitative estimate of drug-likeness (QED) is 0.0588. The molecule has 312 valence electrons. The number of hydrogen-bond acceptors (Lipinski definition) is 2. The first kappa shape index (κ1) is 44.4. The average Bonchev–Trinajstić information content (AvgIpc) is 3.24. The van der Waals surface area contributed by atoms with Gasteiger partial charge >= 0.3 is 0 Å². The lowest BCUT2D eigenvalue weighted by molar-refractivity contribution is -0.688. The molecule has 0 aliphatic heterocycles. The van der Waals surface area contributed by atoms with Crippen LogP contribution in [0, 0.1) is 128 Å². The molecule has 6 aromatic rings. The summed E-state index contributed by atoms with van der Waals surface area (Å²) < 4.78 is 296. The number of aromatic nitrogens is 2. The zero-order valence-electron chi connectivity index (χ0n) is 28.3. The minimum atomic E-state index is -7.22. The van der Waals surface area contributed by atoms with Crippen LogP contribution in [0.5, 0.6) is 0 Å². The van der Waals surface area contributed by atoms with Crippen molar-refractivity contribution in [1.82, 2.24) is 4.98 Å². The standard InChI is InChI=1S/C24BF20.C12H10N3/c26-5-1(6(27)14(35)21(42)13(5)34)25(2-7(28)15(36)22(43)16(37)8(2)29,3-9(30)17(38)23(44)18(39)10(3)31)4-11(32)19(40)24(45)20(41)12(4)33;13-9-11-1-3-12(4-2-11)10-15-7-5-14-6-8-15/h;1-8H,10H2/q-1;+1. The molecule has 0 N–H and O–H groups in total. The molecule has 1 heterocycles. The highest BCUT2D eigenvalue weighted by Crippen LogP contribution is 2.30. The van der Waals surface area contributed by atoms with E-state index in [1.54, 1.807) is 12.4 Å². The van der Waals surface area contributed by atoms with Crippen molar-refractivity contribution in [3.8, 4) is 6.07 Å². The smallest absolute Gasteiger partial charge is 0.200 e. The topological polar surface area (TPSA) is 40.6 Å². The van der Waals surface area contributed by atoms with Crippen LogP contribution in [0.4, 0.5) is 87.8 Å². The fraction of sp³-hybridized carbons (Fsp3) is 0.0278. The van der Waals surface area contributed by atoms with Crippen LogP contribution in [0.2, 0.25) is 0 Å². The van der Waals surface area contributed by atoms with Gasteiger partial charge in [0, 0.05) is 5.56 Å². The molecule has 0 amide bonds. The number of nitriles is 1. The largest absolute Gasteiger partial charge is 0.252 e. The molecule has 0 aliphatic rings. The Bertz CT molecular complexity index is 2360. The fourth-order valence-corrected chi connectivity index (χ4v) is 6.22. The predicted octanol–water partition coefficient (Wildman–Crippen LogP) is 7.14. The fourth-order valence-electron chi connectivity index (χ4n) is 6.22. The van der Waals surface area contributed by atoms with E-state index in [2.05, 4.69) is 11.1 Å². The zero-order chi connectivity index (χ0) is 44.9. The summed E-state index contributed by atoms with van der Waals surface area (Å²) in [6, 6.07) is 9.69. The molecular weight excluding hydrogens is 865 g/mol. The molecule has 0 saturated carbocycles. The van der Waals surface area contributed by atoms with Crippen molar-refractivity contribution in [1.29, 1.82) is 5.26 Å². The Morgan fingerprint density at radius 3 is 0.850 bits per heavy atom. The molecule has 24 heteroatoms.